The Bertz CT molecular complexity index is 1480. The van der Waals surface area contributed by atoms with Crippen molar-refractivity contribution in [2.24, 2.45) is 7.05 Å². The number of aromatic nitrogens is 8. The molecule has 5 heterocycles. The van der Waals surface area contributed by atoms with E-state index < -0.39 is 0 Å². The number of fused-ring (bicyclic) bond motifs is 1. The van der Waals surface area contributed by atoms with E-state index >= 15 is 0 Å². The average molecular weight is 469 g/mol. The molecule has 0 radical (unpaired) electrons. The number of hydrogen-bond donors (Lipinski definition) is 2. The molecule has 0 aliphatic carbocycles. The van der Waals surface area contributed by atoms with Gasteiger partial charge in [-0.2, -0.15) is 10.1 Å². The number of benzene rings is 1. The Kier molecular flexibility index (Phi) is 5.30. The predicted octanol–water partition coefficient (Wildman–Crippen LogP) is 3.10. The van der Waals surface area contributed by atoms with Crippen molar-refractivity contribution in [2.45, 2.75) is 6.92 Å². The zero-order valence-electron chi connectivity index (χ0n) is 19.4. The van der Waals surface area contributed by atoms with Crippen LogP contribution in [0.4, 0.5) is 17.5 Å². The summed E-state index contributed by atoms with van der Waals surface area (Å²) in [5, 5.41) is 15.9. The standard InChI is InChI=1S/C24H24N10O/c1-15-27-23(32-31-15)16-3-5-18(6-4-16)28-22-12-19(29-24(30-22)34-7-9-35-10-8-34)17-11-21-20(25-13-17)14-26-33(21)2/h3-6,11-14H,7-10H2,1-2H3,(H,27,31,32)(H,28,29,30). The van der Waals surface area contributed by atoms with Gasteiger partial charge in [0.15, 0.2) is 5.82 Å². The van der Waals surface area contributed by atoms with Crippen molar-refractivity contribution in [2.75, 3.05) is 36.5 Å². The lowest BCUT2D eigenvalue weighted by atomic mass is 10.1. The van der Waals surface area contributed by atoms with Crippen LogP contribution in [0.25, 0.3) is 33.7 Å². The van der Waals surface area contributed by atoms with Gasteiger partial charge >= 0.3 is 0 Å². The first-order valence-corrected chi connectivity index (χ1v) is 11.4. The number of aryl methyl sites for hydroxylation is 2. The van der Waals surface area contributed by atoms with E-state index in [-0.39, 0.29) is 0 Å². The zero-order chi connectivity index (χ0) is 23.8. The molecule has 11 nitrogen and oxygen atoms in total. The van der Waals surface area contributed by atoms with Gasteiger partial charge in [-0.1, -0.05) is 0 Å². The van der Waals surface area contributed by atoms with Crippen molar-refractivity contribution in [3.63, 3.8) is 0 Å². The van der Waals surface area contributed by atoms with E-state index in [1.54, 1.807) is 6.20 Å². The molecule has 0 atom stereocenters. The van der Waals surface area contributed by atoms with Crippen LogP contribution in [0.15, 0.2) is 48.8 Å². The van der Waals surface area contributed by atoms with Crippen LogP contribution in [-0.2, 0) is 11.8 Å². The van der Waals surface area contributed by atoms with Gasteiger partial charge in [0.05, 0.1) is 30.6 Å². The van der Waals surface area contributed by atoms with E-state index in [0.29, 0.717) is 25.0 Å². The fourth-order valence-corrected chi connectivity index (χ4v) is 4.05. The molecule has 0 saturated carbocycles. The molecule has 35 heavy (non-hydrogen) atoms. The molecule has 1 aliphatic rings. The number of rotatable bonds is 5. The molecule has 0 amide bonds. The van der Waals surface area contributed by atoms with Crippen LogP contribution in [0.2, 0.25) is 0 Å². The van der Waals surface area contributed by atoms with Crippen LogP contribution in [0.1, 0.15) is 5.82 Å². The molecular formula is C24H24N10O. The predicted molar refractivity (Wildman–Crippen MR) is 132 cm³/mol. The van der Waals surface area contributed by atoms with Crippen LogP contribution in [0, 0.1) is 6.92 Å². The van der Waals surface area contributed by atoms with Gasteiger partial charge in [-0.05, 0) is 37.3 Å². The second-order valence-corrected chi connectivity index (χ2v) is 8.40. The van der Waals surface area contributed by atoms with Crippen molar-refractivity contribution >= 4 is 28.5 Å². The monoisotopic (exact) mass is 468 g/mol. The molecule has 176 valence electrons. The lowest BCUT2D eigenvalue weighted by Gasteiger charge is -2.27. The minimum atomic E-state index is 0.654. The van der Waals surface area contributed by atoms with Crippen LogP contribution in [0.5, 0.6) is 0 Å². The Hall–Kier alpha value is -4.38. The highest BCUT2D eigenvalue weighted by atomic mass is 16.5. The highest BCUT2D eigenvalue weighted by Gasteiger charge is 2.17. The number of aromatic amines is 1. The lowest BCUT2D eigenvalue weighted by molar-refractivity contribution is 0.122. The molecule has 0 bridgehead atoms. The Balaban J connectivity index is 1.35. The van der Waals surface area contributed by atoms with Crippen LogP contribution < -0.4 is 10.2 Å². The molecule has 1 saturated heterocycles. The first-order chi connectivity index (χ1) is 17.1. The topological polar surface area (TPSA) is 123 Å². The molecule has 1 fully saturated rings. The van der Waals surface area contributed by atoms with E-state index in [4.69, 9.17) is 14.7 Å². The van der Waals surface area contributed by atoms with Crippen molar-refractivity contribution in [3.05, 3.63) is 54.6 Å². The van der Waals surface area contributed by atoms with Gasteiger partial charge in [0.1, 0.15) is 17.2 Å². The van der Waals surface area contributed by atoms with Crippen molar-refractivity contribution in [1.82, 2.24) is 39.9 Å². The fraction of sp³-hybridized carbons (Fsp3) is 0.250. The van der Waals surface area contributed by atoms with Crippen LogP contribution in [-0.4, -0.2) is 66.2 Å². The molecule has 4 aromatic heterocycles. The average Bonchev–Trinajstić information content (AvgIpc) is 3.50. The Morgan fingerprint density at radius 2 is 1.80 bits per heavy atom. The molecule has 11 heteroatoms. The number of ether oxygens (including phenoxy) is 1. The summed E-state index contributed by atoms with van der Waals surface area (Å²) in [6.07, 6.45) is 3.59. The maximum absolute atomic E-state index is 5.52. The first-order valence-electron chi connectivity index (χ1n) is 11.4. The minimum Gasteiger partial charge on any atom is -0.378 e. The summed E-state index contributed by atoms with van der Waals surface area (Å²) in [5.41, 5.74) is 5.35. The highest BCUT2D eigenvalue weighted by molar-refractivity contribution is 5.80. The van der Waals surface area contributed by atoms with E-state index in [1.807, 2.05) is 55.2 Å². The molecular weight excluding hydrogens is 444 g/mol. The molecule has 1 aromatic carbocycles. The summed E-state index contributed by atoms with van der Waals surface area (Å²) >= 11 is 0. The molecule has 0 spiro atoms. The van der Waals surface area contributed by atoms with Gasteiger partial charge in [-0.25, -0.2) is 4.98 Å². The normalized spacial score (nSPS) is 13.9. The maximum Gasteiger partial charge on any atom is 0.228 e. The Morgan fingerprint density at radius 1 is 0.971 bits per heavy atom. The van der Waals surface area contributed by atoms with E-state index in [9.17, 15) is 0 Å². The van der Waals surface area contributed by atoms with Gasteiger partial charge in [-0.3, -0.25) is 9.67 Å². The molecule has 5 aromatic rings. The second-order valence-electron chi connectivity index (χ2n) is 8.40. The maximum atomic E-state index is 5.52. The van der Waals surface area contributed by atoms with Gasteiger partial charge < -0.3 is 19.9 Å². The van der Waals surface area contributed by atoms with E-state index in [2.05, 4.69) is 41.5 Å². The fourth-order valence-electron chi connectivity index (χ4n) is 4.05. The third kappa shape index (κ3) is 4.28. The number of nitrogens with zero attached hydrogens (tertiary/aromatic N) is 8. The van der Waals surface area contributed by atoms with Crippen molar-refractivity contribution in [1.29, 1.82) is 0 Å². The van der Waals surface area contributed by atoms with Crippen molar-refractivity contribution < 1.29 is 4.74 Å². The third-order valence-corrected chi connectivity index (χ3v) is 5.93. The van der Waals surface area contributed by atoms with Gasteiger partial charge in [-0.15, -0.1) is 10.2 Å². The number of anilines is 3. The van der Waals surface area contributed by atoms with Crippen LogP contribution >= 0.6 is 0 Å². The largest absolute Gasteiger partial charge is 0.378 e. The first kappa shape index (κ1) is 21.2. The lowest BCUT2D eigenvalue weighted by Crippen LogP contribution is -2.37. The molecule has 1 aliphatic heterocycles. The van der Waals surface area contributed by atoms with Gasteiger partial charge in [0.2, 0.25) is 5.95 Å². The summed E-state index contributed by atoms with van der Waals surface area (Å²) in [4.78, 5) is 19.5. The zero-order valence-corrected chi connectivity index (χ0v) is 19.4. The molecule has 2 N–H and O–H groups in total. The third-order valence-electron chi connectivity index (χ3n) is 5.93. The summed E-state index contributed by atoms with van der Waals surface area (Å²) in [6.45, 7) is 4.68. The van der Waals surface area contributed by atoms with Gasteiger partial charge in [0.25, 0.3) is 0 Å². The Labute approximate surface area is 201 Å². The Morgan fingerprint density at radius 3 is 2.57 bits per heavy atom. The summed E-state index contributed by atoms with van der Waals surface area (Å²) in [7, 11) is 1.91. The summed E-state index contributed by atoms with van der Waals surface area (Å²) in [6, 6.07) is 12.0. The summed E-state index contributed by atoms with van der Waals surface area (Å²) < 4.78 is 7.33. The molecule has 6 rings (SSSR count). The van der Waals surface area contributed by atoms with Gasteiger partial charge in [0, 0.05) is 49.2 Å². The SMILES string of the molecule is Cc1nnc(-c2ccc(Nc3cc(-c4cnc5cnn(C)c5c4)nc(N4CCOCC4)n3)cc2)[nH]1. The number of hydrogen-bond acceptors (Lipinski definition) is 9. The highest BCUT2D eigenvalue weighted by Crippen LogP contribution is 2.27. The van der Waals surface area contributed by atoms with E-state index in [0.717, 1.165) is 58.3 Å². The van der Waals surface area contributed by atoms with Crippen LogP contribution in [0.3, 0.4) is 0 Å². The summed E-state index contributed by atoms with van der Waals surface area (Å²) in [5.74, 6) is 2.88. The number of nitrogens with one attached hydrogen (secondary N) is 2. The smallest absolute Gasteiger partial charge is 0.228 e. The second kappa shape index (κ2) is 8.76. The van der Waals surface area contributed by atoms with E-state index in [1.165, 1.54) is 0 Å². The quantitative estimate of drug-likeness (QED) is 0.400. The molecule has 0 unspecified atom stereocenters. The number of pyridine rings is 1. The minimum absolute atomic E-state index is 0.654. The van der Waals surface area contributed by atoms with Crippen molar-refractivity contribution in [3.8, 4) is 22.6 Å². The number of H-pyrrole nitrogens is 1. The number of morpholine rings is 1.